The smallest absolute Gasteiger partial charge is 0.239 e. The average Bonchev–Trinajstić information content (AvgIpc) is 2.95. The molecule has 1 saturated heterocycles. The second-order valence-electron chi connectivity index (χ2n) is 10.5. The molecule has 0 spiro atoms. The van der Waals surface area contributed by atoms with Crippen molar-refractivity contribution >= 4 is 17.6 Å². The molecule has 0 aliphatic carbocycles. The van der Waals surface area contributed by atoms with Gasteiger partial charge in [-0.2, -0.15) is 0 Å². The van der Waals surface area contributed by atoms with Crippen molar-refractivity contribution in [1.29, 1.82) is 0 Å². The topological polar surface area (TPSA) is 96.9 Å². The van der Waals surface area contributed by atoms with Crippen molar-refractivity contribution in [2.45, 2.75) is 58.3 Å². The number of fused-ring (bicyclic) bond motifs is 5. The Kier molecular flexibility index (Phi) is 8.60. The molecule has 2 atom stereocenters. The summed E-state index contributed by atoms with van der Waals surface area (Å²) in [6.45, 7) is 5.65. The first-order valence-corrected chi connectivity index (χ1v) is 14.0. The molecule has 1 fully saturated rings. The van der Waals surface area contributed by atoms with Crippen LogP contribution in [0.15, 0.2) is 54.7 Å². The Morgan fingerprint density at radius 2 is 1.80 bits per heavy atom. The van der Waals surface area contributed by atoms with E-state index in [1.807, 2.05) is 61.7 Å². The molecule has 2 aliphatic rings. The molecule has 5 rings (SSSR count). The number of benzene rings is 2. The molecule has 1 aromatic heterocycles. The minimum atomic E-state index is -0.275. The monoisotopic (exact) mass is 543 g/mol. The van der Waals surface area contributed by atoms with Crippen LogP contribution in [-0.2, 0) is 33.8 Å². The van der Waals surface area contributed by atoms with Gasteiger partial charge in [0, 0.05) is 38.3 Å². The van der Waals surface area contributed by atoms with Crippen LogP contribution in [-0.4, -0.2) is 65.5 Å². The predicted molar refractivity (Wildman–Crippen MR) is 152 cm³/mol. The lowest BCUT2D eigenvalue weighted by molar-refractivity contribution is -0.135. The van der Waals surface area contributed by atoms with Crippen LogP contribution in [0.3, 0.4) is 0 Å². The maximum Gasteiger partial charge on any atom is 0.239 e. The second-order valence-corrected chi connectivity index (χ2v) is 10.5. The Hall–Kier alpha value is -3.98. The Labute approximate surface area is 235 Å². The van der Waals surface area contributed by atoms with Gasteiger partial charge < -0.3 is 24.6 Å². The predicted octanol–water partition coefficient (Wildman–Crippen LogP) is 3.82. The van der Waals surface area contributed by atoms with Crippen LogP contribution in [0.5, 0.6) is 11.5 Å². The third-order valence-corrected chi connectivity index (χ3v) is 7.47. The van der Waals surface area contributed by atoms with Gasteiger partial charge in [-0.05, 0) is 61.6 Å². The molecule has 0 unspecified atom stereocenters. The summed E-state index contributed by atoms with van der Waals surface area (Å²) in [5, 5.41) is 3.17. The number of carbonyl (C=O) groups excluding carboxylic acids is 2. The molecular formula is C31H37N5O4. The summed E-state index contributed by atoms with van der Waals surface area (Å²) in [4.78, 5) is 38.8. The molecule has 9 nitrogen and oxygen atoms in total. The Balaban J connectivity index is 1.40. The van der Waals surface area contributed by atoms with E-state index in [1.165, 1.54) is 4.90 Å². The summed E-state index contributed by atoms with van der Waals surface area (Å²) in [5.74, 6) is 2.77. The van der Waals surface area contributed by atoms with Crippen molar-refractivity contribution < 1.29 is 19.1 Å². The number of carbonyl (C=O) groups is 2. The van der Waals surface area contributed by atoms with Gasteiger partial charge in [-0.3, -0.25) is 9.59 Å². The molecule has 9 heteroatoms. The summed E-state index contributed by atoms with van der Waals surface area (Å²) in [6, 6.07) is 15.4. The quantitative estimate of drug-likeness (QED) is 0.525. The number of hydrogen-bond donors (Lipinski definition) is 1. The lowest BCUT2D eigenvalue weighted by Crippen LogP contribution is -2.57. The summed E-state index contributed by atoms with van der Waals surface area (Å²) >= 11 is 0. The lowest BCUT2D eigenvalue weighted by atomic mass is 10.0. The third kappa shape index (κ3) is 6.77. The van der Waals surface area contributed by atoms with Gasteiger partial charge in [0.1, 0.15) is 23.1 Å². The van der Waals surface area contributed by atoms with Gasteiger partial charge in [-0.15, -0.1) is 0 Å². The van der Waals surface area contributed by atoms with Crippen molar-refractivity contribution in [1.82, 2.24) is 20.2 Å². The van der Waals surface area contributed by atoms with E-state index in [1.54, 1.807) is 7.05 Å². The zero-order chi connectivity index (χ0) is 28.1. The van der Waals surface area contributed by atoms with Crippen LogP contribution in [0.1, 0.15) is 42.3 Å². The number of likely N-dealkylation sites (N-methyl/N-ethyl adjacent to an activating group) is 1. The van der Waals surface area contributed by atoms with Crippen molar-refractivity contribution in [2.24, 2.45) is 0 Å². The summed E-state index contributed by atoms with van der Waals surface area (Å²) in [6.07, 6.45) is 4.09. The maximum absolute atomic E-state index is 13.2. The number of aryl methyl sites for hydroxylation is 3. The first-order chi connectivity index (χ1) is 19.4. The highest BCUT2D eigenvalue weighted by Gasteiger charge is 2.33. The van der Waals surface area contributed by atoms with E-state index in [4.69, 9.17) is 14.5 Å². The molecule has 0 saturated carbocycles. The molecule has 3 aromatic rings. The number of rotatable bonds is 2. The lowest BCUT2D eigenvalue weighted by Gasteiger charge is -2.40. The van der Waals surface area contributed by atoms with E-state index >= 15 is 0 Å². The number of ether oxygens (including phenoxy) is 2. The van der Waals surface area contributed by atoms with E-state index < -0.39 is 0 Å². The average molecular weight is 544 g/mol. The first kappa shape index (κ1) is 27.6. The highest BCUT2D eigenvalue weighted by molar-refractivity contribution is 5.85. The molecule has 3 heterocycles. The van der Waals surface area contributed by atoms with Crippen molar-refractivity contribution in [3.05, 3.63) is 77.2 Å². The molecule has 4 bridgehead atoms. The largest absolute Gasteiger partial charge is 0.457 e. The van der Waals surface area contributed by atoms with Crippen molar-refractivity contribution in [2.75, 3.05) is 31.6 Å². The fraction of sp³-hybridized carbons (Fsp3) is 0.419. The molecule has 0 radical (unpaired) electrons. The molecule has 210 valence electrons. The number of amides is 2. The van der Waals surface area contributed by atoms with E-state index in [-0.39, 0.29) is 30.5 Å². The number of nitrogens with zero attached hydrogens (tertiary/aromatic N) is 4. The molecule has 1 N–H and O–H groups in total. The van der Waals surface area contributed by atoms with Crippen molar-refractivity contribution in [3.63, 3.8) is 0 Å². The second kappa shape index (κ2) is 12.5. The maximum atomic E-state index is 13.2. The molecular weight excluding hydrogens is 506 g/mol. The van der Waals surface area contributed by atoms with Gasteiger partial charge in [0.05, 0.1) is 25.3 Å². The third-order valence-electron chi connectivity index (χ3n) is 7.47. The number of piperidine rings is 1. The summed E-state index contributed by atoms with van der Waals surface area (Å²) in [5.41, 5.74) is 3.07. The standard InChI is InChI=1S/C31H37N5O4/c1-4-24-17-32-21(2)33-31(24)36-14-13-28-27(18-36)34-29(37)19-35(3)30(38)12-11-22-7-5-9-25(15-22)40-26-10-6-8-23(16-26)20-39-28/h5-10,15-17,27-28H,4,11-14,18-20H2,1-3H3,(H,34,37)/t27-,28+/m0/s1. The van der Waals surface area contributed by atoms with Gasteiger partial charge in [0.15, 0.2) is 0 Å². The highest BCUT2D eigenvalue weighted by Crippen LogP contribution is 2.27. The minimum absolute atomic E-state index is 0.0138. The van der Waals surface area contributed by atoms with Crippen LogP contribution in [0, 0.1) is 6.92 Å². The number of aromatic nitrogens is 2. The Morgan fingerprint density at radius 1 is 1.05 bits per heavy atom. The van der Waals surface area contributed by atoms with Crippen molar-refractivity contribution in [3.8, 4) is 11.5 Å². The number of hydrogen-bond acceptors (Lipinski definition) is 7. The van der Waals surface area contributed by atoms with Crippen LogP contribution in [0.4, 0.5) is 5.82 Å². The fourth-order valence-electron chi connectivity index (χ4n) is 5.27. The summed E-state index contributed by atoms with van der Waals surface area (Å²) < 4.78 is 12.6. The fourth-order valence-corrected chi connectivity index (χ4v) is 5.27. The van der Waals surface area contributed by atoms with E-state index in [9.17, 15) is 9.59 Å². The van der Waals surface area contributed by atoms with Gasteiger partial charge in [-0.1, -0.05) is 31.2 Å². The van der Waals surface area contributed by atoms with Gasteiger partial charge in [0.2, 0.25) is 11.8 Å². The van der Waals surface area contributed by atoms with Gasteiger partial charge in [0.25, 0.3) is 0 Å². The molecule has 40 heavy (non-hydrogen) atoms. The first-order valence-electron chi connectivity index (χ1n) is 14.0. The van der Waals surface area contributed by atoms with Crippen LogP contribution in [0.25, 0.3) is 0 Å². The molecule has 2 amide bonds. The Bertz CT molecular complexity index is 1360. The molecule has 2 aliphatic heterocycles. The van der Waals surface area contributed by atoms with Crippen LogP contribution >= 0.6 is 0 Å². The number of nitrogens with one attached hydrogen (secondary N) is 1. The van der Waals surface area contributed by atoms with Crippen LogP contribution < -0.4 is 15.0 Å². The normalized spacial score (nSPS) is 20.6. The van der Waals surface area contributed by atoms with E-state index in [2.05, 4.69) is 22.1 Å². The SMILES string of the molecule is CCc1cnc(C)nc1N1CC[C@H]2OCc3cccc(c3)Oc3cccc(c3)CCC(=O)N(C)CC(=O)N[C@H]2C1. The van der Waals surface area contributed by atoms with Crippen LogP contribution in [0.2, 0.25) is 0 Å². The molecule has 2 aromatic carbocycles. The van der Waals surface area contributed by atoms with E-state index in [0.29, 0.717) is 31.8 Å². The van der Waals surface area contributed by atoms with Gasteiger partial charge in [-0.25, -0.2) is 9.97 Å². The summed E-state index contributed by atoms with van der Waals surface area (Å²) in [7, 11) is 1.67. The number of anilines is 1. The zero-order valence-corrected chi connectivity index (χ0v) is 23.4. The van der Waals surface area contributed by atoms with E-state index in [0.717, 1.165) is 53.4 Å². The minimum Gasteiger partial charge on any atom is -0.457 e. The van der Waals surface area contributed by atoms with Gasteiger partial charge >= 0.3 is 0 Å². The Morgan fingerprint density at radius 3 is 2.58 bits per heavy atom. The zero-order valence-electron chi connectivity index (χ0n) is 23.4. The highest BCUT2D eigenvalue weighted by atomic mass is 16.5.